The van der Waals surface area contributed by atoms with Gasteiger partial charge in [-0.3, -0.25) is 4.79 Å². The molecule has 7 heteroatoms. The number of methoxy groups -OCH3 is 1. The first kappa shape index (κ1) is 17.2. The number of benzene rings is 1. The first-order chi connectivity index (χ1) is 13.0. The number of carbonyl (C=O) groups is 1. The van der Waals surface area contributed by atoms with Crippen molar-refractivity contribution in [3.05, 3.63) is 42.2 Å². The fourth-order valence-electron chi connectivity index (χ4n) is 3.19. The highest BCUT2D eigenvalue weighted by Crippen LogP contribution is 2.37. The Bertz CT molecular complexity index is 1050. The van der Waals surface area contributed by atoms with Crippen LogP contribution < -0.4 is 15.8 Å². The molecule has 0 radical (unpaired) electrons. The Kier molecular flexibility index (Phi) is 4.14. The Balaban J connectivity index is 1.77. The maximum atomic E-state index is 13.1. The first-order valence-electron chi connectivity index (χ1n) is 8.62. The van der Waals surface area contributed by atoms with Crippen molar-refractivity contribution < 1.29 is 13.9 Å². The largest absolute Gasteiger partial charge is 0.481 e. The molecule has 0 aliphatic heterocycles. The second-order valence-electron chi connectivity index (χ2n) is 6.72. The highest BCUT2D eigenvalue weighted by atomic mass is 19.1. The molecule has 2 atom stereocenters. The molecule has 3 N–H and O–H groups in total. The van der Waals surface area contributed by atoms with Gasteiger partial charge in [0, 0.05) is 29.0 Å². The van der Waals surface area contributed by atoms with E-state index in [2.05, 4.69) is 15.3 Å². The number of alkyl halides is 1. The standard InChI is InChI=1S/C20H19FN4O2/c1-10-3-4-23-20(27-2)18(10)12-5-11-7-17(24-9-14(11)16(22)6-12)25-19(26)13-8-15(13)21/h3-7,9,13,15H,8,22H2,1-2H3,(H,24,25,26). The third kappa shape index (κ3) is 3.16. The number of hydrogen-bond donors (Lipinski definition) is 2. The second kappa shape index (κ2) is 6.50. The van der Waals surface area contributed by atoms with Crippen LogP contribution in [0.3, 0.4) is 0 Å². The molecule has 2 aromatic heterocycles. The van der Waals surface area contributed by atoms with E-state index in [1.807, 2.05) is 25.1 Å². The zero-order valence-corrected chi connectivity index (χ0v) is 15.0. The molecule has 0 saturated heterocycles. The number of aromatic nitrogens is 2. The van der Waals surface area contributed by atoms with Gasteiger partial charge in [0.1, 0.15) is 12.0 Å². The van der Waals surface area contributed by atoms with Gasteiger partial charge in [-0.2, -0.15) is 0 Å². The fourth-order valence-corrected chi connectivity index (χ4v) is 3.19. The quantitative estimate of drug-likeness (QED) is 0.690. The minimum absolute atomic E-state index is 0.274. The molecule has 1 fully saturated rings. The van der Waals surface area contributed by atoms with Crippen LogP contribution in [0, 0.1) is 12.8 Å². The molecule has 1 aliphatic rings. The van der Waals surface area contributed by atoms with Crippen LogP contribution in [0.1, 0.15) is 12.0 Å². The number of nitrogens with one attached hydrogen (secondary N) is 1. The number of amides is 1. The predicted molar refractivity (Wildman–Crippen MR) is 102 cm³/mol. The highest BCUT2D eigenvalue weighted by Gasteiger charge is 2.43. The summed E-state index contributed by atoms with van der Waals surface area (Å²) in [6.07, 6.45) is 2.53. The van der Waals surface area contributed by atoms with E-state index < -0.39 is 12.1 Å². The maximum absolute atomic E-state index is 13.1. The summed E-state index contributed by atoms with van der Waals surface area (Å²) in [7, 11) is 1.57. The van der Waals surface area contributed by atoms with E-state index in [0.717, 1.165) is 27.5 Å². The van der Waals surface area contributed by atoms with Gasteiger partial charge in [-0.1, -0.05) is 0 Å². The van der Waals surface area contributed by atoms with E-state index in [1.165, 1.54) is 0 Å². The lowest BCUT2D eigenvalue weighted by Gasteiger charge is -2.13. The summed E-state index contributed by atoms with van der Waals surface area (Å²) in [4.78, 5) is 20.5. The van der Waals surface area contributed by atoms with Crippen molar-refractivity contribution in [3.63, 3.8) is 0 Å². The molecule has 1 saturated carbocycles. The molecule has 1 aliphatic carbocycles. The molecule has 138 valence electrons. The number of hydrogen-bond acceptors (Lipinski definition) is 5. The number of ether oxygens (including phenoxy) is 1. The number of nitrogens with two attached hydrogens (primary N) is 1. The van der Waals surface area contributed by atoms with Crippen molar-refractivity contribution in [3.8, 4) is 17.0 Å². The van der Waals surface area contributed by atoms with Crippen LogP contribution in [-0.2, 0) is 4.79 Å². The lowest BCUT2D eigenvalue weighted by atomic mass is 9.98. The molecular formula is C20H19FN4O2. The van der Waals surface area contributed by atoms with Crippen molar-refractivity contribution in [1.82, 2.24) is 9.97 Å². The lowest BCUT2D eigenvalue weighted by molar-refractivity contribution is -0.117. The summed E-state index contributed by atoms with van der Waals surface area (Å²) in [6.45, 7) is 1.97. The SMILES string of the molecule is COc1nccc(C)c1-c1cc(N)c2cnc(NC(=O)C3CC3F)cc2c1. The third-order valence-electron chi connectivity index (χ3n) is 4.78. The van der Waals surface area contributed by atoms with Crippen molar-refractivity contribution >= 4 is 28.2 Å². The summed E-state index contributed by atoms with van der Waals surface area (Å²) >= 11 is 0. The van der Waals surface area contributed by atoms with E-state index in [9.17, 15) is 9.18 Å². The van der Waals surface area contributed by atoms with Crippen LogP contribution >= 0.6 is 0 Å². The summed E-state index contributed by atoms with van der Waals surface area (Å²) in [6, 6.07) is 7.44. The molecule has 1 aromatic carbocycles. The third-order valence-corrected chi connectivity index (χ3v) is 4.78. The second-order valence-corrected chi connectivity index (χ2v) is 6.72. The molecule has 4 rings (SSSR count). The van der Waals surface area contributed by atoms with Crippen molar-refractivity contribution in [2.45, 2.75) is 19.5 Å². The lowest BCUT2D eigenvalue weighted by Crippen LogP contribution is -2.15. The molecule has 2 unspecified atom stereocenters. The van der Waals surface area contributed by atoms with Crippen LogP contribution in [0.4, 0.5) is 15.9 Å². The van der Waals surface area contributed by atoms with Crippen LogP contribution in [0.5, 0.6) is 5.88 Å². The fraction of sp³-hybridized carbons (Fsp3) is 0.250. The van der Waals surface area contributed by atoms with E-state index in [0.29, 0.717) is 17.4 Å². The maximum Gasteiger partial charge on any atom is 0.231 e. The summed E-state index contributed by atoms with van der Waals surface area (Å²) in [5.41, 5.74) is 9.50. The molecule has 0 spiro atoms. The van der Waals surface area contributed by atoms with Gasteiger partial charge in [0.15, 0.2) is 0 Å². The summed E-state index contributed by atoms with van der Waals surface area (Å²) < 4.78 is 18.5. The van der Waals surface area contributed by atoms with Gasteiger partial charge in [0.25, 0.3) is 0 Å². The molecule has 27 heavy (non-hydrogen) atoms. The number of nitrogens with zero attached hydrogens (tertiary/aromatic N) is 2. The average molecular weight is 366 g/mol. The van der Waals surface area contributed by atoms with Crippen molar-refractivity contribution in [2.75, 3.05) is 18.2 Å². The topological polar surface area (TPSA) is 90.1 Å². The Labute approximate surface area is 155 Å². The zero-order valence-electron chi connectivity index (χ0n) is 15.0. The highest BCUT2D eigenvalue weighted by molar-refractivity contribution is 6.00. The summed E-state index contributed by atoms with van der Waals surface area (Å²) in [5.74, 6) is -0.0264. The predicted octanol–water partition coefficient (Wildman–Crippen LogP) is 3.49. The van der Waals surface area contributed by atoms with E-state index in [-0.39, 0.29) is 12.3 Å². The van der Waals surface area contributed by atoms with Gasteiger partial charge < -0.3 is 15.8 Å². The Morgan fingerprint density at radius 2 is 2.11 bits per heavy atom. The van der Waals surface area contributed by atoms with Gasteiger partial charge in [0.05, 0.1) is 13.0 Å². The van der Waals surface area contributed by atoms with Crippen LogP contribution in [-0.4, -0.2) is 29.2 Å². The molecular weight excluding hydrogens is 347 g/mol. The van der Waals surface area contributed by atoms with Gasteiger partial charge in [-0.05, 0) is 54.1 Å². The molecule has 6 nitrogen and oxygen atoms in total. The van der Waals surface area contributed by atoms with Gasteiger partial charge in [-0.25, -0.2) is 14.4 Å². The van der Waals surface area contributed by atoms with Crippen molar-refractivity contribution in [1.29, 1.82) is 0 Å². The van der Waals surface area contributed by atoms with E-state index in [4.69, 9.17) is 10.5 Å². The number of anilines is 2. The molecule has 3 aromatic rings. The minimum atomic E-state index is -1.05. The number of rotatable bonds is 4. The van der Waals surface area contributed by atoms with Crippen LogP contribution in [0.15, 0.2) is 36.7 Å². The number of carbonyl (C=O) groups excluding carboxylic acids is 1. The number of fused-ring (bicyclic) bond motifs is 1. The Morgan fingerprint density at radius 3 is 2.81 bits per heavy atom. The molecule has 1 amide bonds. The Hall–Kier alpha value is -3.22. The van der Waals surface area contributed by atoms with Gasteiger partial charge in [0.2, 0.25) is 11.8 Å². The normalized spacial score (nSPS) is 18.3. The smallest absolute Gasteiger partial charge is 0.231 e. The van der Waals surface area contributed by atoms with E-state index >= 15 is 0 Å². The zero-order chi connectivity index (χ0) is 19.1. The first-order valence-corrected chi connectivity index (χ1v) is 8.62. The number of pyridine rings is 2. The van der Waals surface area contributed by atoms with Crippen LogP contribution in [0.2, 0.25) is 0 Å². The number of halogens is 1. The Morgan fingerprint density at radius 1 is 1.33 bits per heavy atom. The van der Waals surface area contributed by atoms with Gasteiger partial charge >= 0.3 is 0 Å². The van der Waals surface area contributed by atoms with E-state index in [1.54, 1.807) is 25.6 Å². The summed E-state index contributed by atoms with van der Waals surface area (Å²) in [5, 5.41) is 4.25. The van der Waals surface area contributed by atoms with Crippen LogP contribution in [0.25, 0.3) is 21.9 Å². The van der Waals surface area contributed by atoms with Gasteiger partial charge in [-0.15, -0.1) is 0 Å². The molecule has 0 bridgehead atoms. The monoisotopic (exact) mass is 366 g/mol. The number of nitrogen functional groups attached to an aromatic ring is 1. The molecule has 2 heterocycles. The van der Waals surface area contributed by atoms with Crippen molar-refractivity contribution in [2.24, 2.45) is 5.92 Å². The average Bonchev–Trinajstić information content (AvgIpc) is 3.38. The minimum Gasteiger partial charge on any atom is -0.481 e. The number of aryl methyl sites for hydroxylation is 1.